The average molecular weight is 294 g/mol. The fourth-order valence-corrected chi connectivity index (χ4v) is 4.09. The van der Waals surface area contributed by atoms with E-state index in [1.807, 2.05) is 0 Å². The summed E-state index contributed by atoms with van der Waals surface area (Å²) in [5, 5.41) is 7.28. The standard InChI is InChI=1S/C16H32N5/c1-11-6-7-14-15(17)16(18-20(14)12(11)2)19-9-8-13(10-19)21(3,4)5/h11-15H,6-10,17H2,1-5H3/q+1/t11?,12-,13?,14-,15?/m0/s1. The van der Waals surface area contributed by atoms with Crippen molar-refractivity contribution in [3.63, 3.8) is 0 Å². The summed E-state index contributed by atoms with van der Waals surface area (Å²) in [6.45, 7) is 6.84. The molecule has 2 saturated heterocycles. The number of hydrazone groups is 1. The monoisotopic (exact) mass is 294 g/mol. The molecule has 0 aromatic rings. The molecule has 5 atom stereocenters. The minimum atomic E-state index is 0.103. The van der Waals surface area contributed by atoms with Crippen molar-refractivity contribution in [1.29, 1.82) is 0 Å². The van der Waals surface area contributed by atoms with E-state index >= 15 is 0 Å². The van der Waals surface area contributed by atoms with Gasteiger partial charge in [0.15, 0.2) is 0 Å². The van der Waals surface area contributed by atoms with Crippen LogP contribution in [0.2, 0.25) is 0 Å². The van der Waals surface area contributed by atoms with Crippen LogP contribution in [0, 0.1) is 5.92 Å². The summed E-state index contributed by atoms with van der Waals surface area (Å²) in [6.07, 6.45) is 3.71. The first kappa shape index (κ1) is 15.1. The van der Waals surface area contributed by atoms with E-state index in [1.54, 1.807) is 0 Å². The molecule has 5 heteroatoms. The first-order chi connectivity index (χ1) is 9.79. The number of likely N-dealkylation sites (tertiary alicyclic amines) is 1. The molecular weight excluding hydrogens is 262 g/mol. The second-order valence-corrected chi connectivity index (χ2v) is 8.23. The number of nitrogens with two attached hydrogens (primary N) is 1. The van der Waals surface area contributed by atoms with Crippen LogP contribution in [-0.4, -0.2) is 78.6 Å². The molecule has 0 aromatic carbocycles. The van der Waals surface area contributed by atoms with Crippen molar-refractivity contribution in [2.45, 2.75) is 57.3 Å². The summed E-state index contributed by atoms with van der Waals surface area (Å²) in [4.78, 5) is 2.45. The number of nitrogens with zero attached hydrogens (tertiary/aromatic N) is 4. The number of quaternary nitrogens is 1. The van der Waals surface area contributed by atoms with E-state index in [4.69, 9.17) is 10.8 Å². The Morgan fingerprint density at radius 3 is 2.48 bits per heavy atom. The van der Waals surface area contributed by atoms with Crippen LogP contribution in [0.25, 0.3) is 0 Å². The number of rotatable bonds is 1. The Morgan fingerprint density at radius 2 is 1.86 bits per heavy atom. The second-order valence-electron chi connectivity index (χ2n) is 8.23. The van der Waals surface area contributed by atoms with Gasteiger partial charge < -0.3 is 15.1 Å². The molecular formula is C16H32N5+. The van der Waals surface area contributed by atoms with Crippen molar-refractivity contribution >= 4 is 5.84 Å². The summed E-state index contributed by atoms with van der Waals surface area (Å²) >= 11 is 0. The topological polar surface area (TPSA) is 44.9 Å². The minimum absolute atomic E-state index is 0.103. The molecule has 0 bridgehead atoms. The van der Waals surface area contributed by atoms with Crippen LogP contribution in [0.4, 0.5) is 0 Å². The number of hydrogen-bond donors (Lipinski definition) is 1. The number of amidine groups is 1. The van der Waals surface area contributed by atoms with E-state index in [1.165, 1.54) is 19.3 Å². The highest BCUT2D eigenvalue weighted by molar-refractivity contribution is 5.89. The van der Waals surface area contributed by atoms with Crippen LogP contribution < -0.4 is 5.73 Å². The molecule has 0 spiro atoms. The third kappa shape index (κ3) is 2.55. The SMILES string of the molecule is CC1CC[C@H]2C(N)C(N3CCC([N+](C)(C)C)C3)=NN2[C@H]1C. The minimum Gasteiger partial charge on any atom is -0.351 e. The van der Waals surface area contributed by atoms with Crippen LogP contribution in [0.3, 0.4) is 0 Å². The summed E-state index contributed by atoms with van der Waals surface area (Å²) in [5.74, 6) is 1.87. The van der Waals surface area contributed by atoms with Gasteiger partial charge in [0, 0.05) is 19.0 Å². The zero-order valence-electron chi connectivity index (χ0n) is 14.3. The zero-order valence-corrected chi connectivity index (χ0v) is 14.3. The van der Waals surface area contributed by atoms with E-state index in [-0.39, 0.29) is 6.04 Å². The molecule has 2 N–H and O–H groups in total. The molecule has 0 radical (unpaired) electrons. The highest BCUT2D eigenvalue weighted by Crippen LogP contribution is 2.34. The van der Waals surface area contributed by atoms with E-state index in [0.29, 0.717) is 24.0 Å². The fourth-order valence-electron chi connectivity index (χ4n) is 4.09. The van der Waals surface area contributed by atoms with E-state index in [2.05, 4.69) is 44.9 Å². The van der Waals surface area contributed by atoms with Gasteiger partial charge in [0.1, 0.15) is 11.9 Å². The lowest BCUT2D eigenvalue weighted by molar-refractivity contribution is -0.893. The highest BCUT2D eigenvalue weighted by atomic mass is 15.6. The molecule has 0 saturated carbocycles. The lowest BCUT2D eigenvalue weighted by atomic mass is 9.87. The van der Waals surface area contributed by atoms with Crippen molar-refractivity contribution in [3.8, 4) is 0 Å². The number of piperidine rings is 1. The van der Waals surface area contributed by atoms with E-state index < -0.39 is 0 Å². The average Bonchev–Trinajstić information content (AvgIpc) is 2.99. The summed E-state index contributed by atoms with van der Waals surface area (Å²) in [5.41, 5.74) is 6.56. The Kier molecular flexibility index (Phi) is 3.69. The molecule has 5 nitrogen and oxygen atoms in total. The number of likely N-dealkylation sites (N-methyl/N-ethyl adjacent to an activating group) is 1. The second kappa shape index (κ2) is 5.13. The Morgan fingerprint density at radius 1 is 1.14 bits per heavy atom. The molecule has 0 amide bonds. The van der Waals surface area contributed by atoms with Crippen molar-refractivity contribution in [1.82, 2.24) is 9.91 Å². The first-order valence-corrected chi connectivity index (χ1v) is 8.47. The van der Waals surface area contributed by atoms with Gasteiger partial charge >= 0.3 is 0 Å². The predicted octanol–water partition coefficient (Wildman–Crippen LogP) is 0.910. The van der Waals surface area contributed by atoms with Gasteiger partial charge in [0.25, 0.3) is 0 Å². The molecule has 3 unspecified atom stereocenters. The van der Waals surface area contributed by atoms with Crippen LogP contribution in [0.15, 0.2) is 5.10 Å². The highest BCUT2D eigenvalue weighted by Gasteiger charge is 2.45. The molecule has 21 heavy (non-hydrogen) atoms. The quantitative estimate of drug-likeness (QED) is 0.731. The van der Waals surface area contributed by atoms with Crippen molar-refractivity contribution < 1.29 is 4.48 Å². The molecule has 0 aromatic heterocycles. The smallest absolute Gasteiger partial charge is 0.144 e. The molecule has 120 valence electrons. The Balaban J connectivity index is 1.75. The molecule has 2 fully saturated rings. The normalized spacial score (nSPS) is 40.5. The van der Waals surface area contributed by atoms with Gasteiger partial charge in [0.05, 0.1) is 39.8 Å². The lowest BCUT2D eigenvalue weighted by Crippen LogP contribution is -2.53. The van der Waals surface area contributed by atoms with Crippen LogP contribution >= 0.6 is 0 Å². The van der Waals surface area contributed by atoms with Crippen molar-refractivity contribution in [3.05, 3.63) is 0 Å². The van der Waals surface area contributed by atoms with Gasteiger partial charge in [-0.3, -0.25) is 5.01 Å². The molecule has 3 rings (SSSR count). The maximum Gasteiger partial charge on any atom is 0.144 e. The van der Waals surface area contributed by atoms with Gasteiger partial charge in [-0.1, -0.05) is 6.92 Å². The van der Waals surface area contributed by atoms with Gasteiger partial charge in [-0.25, -0.2) is 0 Å². The molecule has 0 aliphatic carbocycles. The van der Waals surface area contributed by atoms with Crippen LogP contribution in [0.1, 0.15) is 33.1 Å². The Labute approximate surface area is 129 Å². The molecule has 3 aliphatic rings. The van der Waals surface area contributed by atoms with Crippen LogP contribution in [0.5, 0.6) is 0 Å². The molecule has 3 heterocycles. The fraction of sp³-hybridized carbons (Fsp3) is 0.938. The summed E-state index contributed by atoms with van der Waals surface area (Å²) in [6, 6.07) is 1.73. The van der Waals surface area contributed by atoms with Gasteiger partial charge in [0.2, 0.25) is 0 Å². The van der Waals surface area contributed by atoms with Crippen LogP contribution in [-0.2, 0) is 0 Å². The lowest BCUT2D eigenvalue weighted by Gasteiger charge is -2.39. The maximum absolute atomic E-state index is 6.56. The van der Waals surface area contributed by atoms with Gasteiger partial charge in [-0.2, -0.15) is 5.10 Å². The number of hydrogen-bond acceptors (Lipinski definition) is 4. The third-order valence-electron chi connectivity index (χ3n) is 6.01. The molecule has 3 aliphatic heterocycles. The van der Waals surface area contributed by atoms with E-state index in [0.717, 1.165) is 23.4 Å². The Hall–Kier alpha value is -0.810. The number of fused-ring (bicyclic) bond motifs is 1. The van der Waals surface area contributed by atoms with Gasteiger partial charge in [-0.05, 0) is 25.7 Å². The first-order valence-electron chi connectivity index (χ1n) is 8.47. The Bertz CT molecular complexity index is 427. The summed E-state index contributed by atoms with van der Waals surface area (Å²) in [7, 11) is 6.87. The maximum atomic E-state index is 6.56. The van der Waals surface area contributed by atoms with Crippen molar-refractivity contribution in [2.24, 2.45) is 16.8 Å². The van der Waals surface area contributed by atoms with Crippen molar-refractivity contribution in [2.75, 3.05) is 34.2 Å². The van der Waals surface area contributed by atoms with E-state index in [9.17, 15) is 0 Å². The predicted molar refractivity (Wildman–Crippen MR) is 86.9 cm³/mol. The van der Waals surface area contributed by atoms with Gasteiger partial charge in [-0.15, -0.1) is 0 Å². The summed E-state index contributed by atoms with van der Waals surface area (Å²) < 4.78 is 1.03. The third-order valence-corrected chi connectivity index (χ3v) is 6.01. The largest absolute Gasteiger partial charge is 0.351 e. The zero-order chi connectivity index (χ0) is 15.4.